The van der Waals surface area contributed by atoms with Crippen LogP contribution in [0.25, 0.3) is 0 Å². The Balaban J connectivity index is 2.15. The molecule has 0 fully saturated rings. The second-order valence-corrected chi connectivity index (χ2v) is 6.33. The Kier molecular flexibility index (Phi) is 4.65. The lowest BCUT2D eigenvalue weighted by atomic mass is 10.0. The lowest BCUT2D eigenvalue weighted by Gasteiger charge is -2.08. The van der Waals surface area contributed by atoms with Gasteiger partial charge in [0.25, 0.3) is 10.1 Å². The van der Waals surface area contributed by atoms with Crippen LogP contribution in [-0.4, -0.2) is 20.1 Å². The summed E-state index contributed by atoms with van der Waals surface area (Å²) in [5.41, 5.74) is 3.07. The van der Waals surface area contributed by atoms with E-state index in [9.17, 15) is 8.42 Å². The Morgan fingerprint density at radius 1 is 1.05 bits per heavy atom. The van der Waals surface area contributed by atoms with Crippen LogP contribution in [0.5, 0.6) is 5.75 Å². The van der Waals surface area contributed by atoms with E-state index in [0.29, 0.717) is 6.42 Å². The first kappa shape index (κ1) is 15.5. The normalized spacial score (nSPS) is 11.4. The van der Waals surface area contributed by atoms with Crippen molar-refractivity contribution in [3.8, 4) is 5.75 Å². The van der Waals surface area contributed by atoms with Gasteiger partial charge >= 0.3 is 0 Å². The molecule has 21 heavy (non-hydrogen) atoms. The van der Waals surface area contributed by atoms with Crippen molar-refractivity contribution in [1.29, 1.82) is 0 Å². The van der Waals surface area contributed by atoms with E-state index in [1.54, 1.807) is 13.2 Å². The van der Waals surface area contributed by atoms with Gasteiger partial charge in [-0.15, -0.1) is 0 Å². The van der Waals surface area contributed by atoms with E-state index >= 15 is 0 Å². The van der Waals surface area contributed by atoms with Gasteiger partial charge in [0.2, 0.25) is 0 Å². The van der Waals surface area contributed by atoms with Crippen LogP contribution in [-0.2, 0) is 23.0 Å². The Bertz CT molecular complexity index is 718. The molecular formula is C16H18O4S. The fraction of sp³-hybridized carbons (Fsp3) is 0.250. The summed E-state index contributed by atoms with van der Waals surface area (Å²) in [7, 11) is -2.53. The number of rotatable bonds is 5. The molecule has 0 spiro atoms. The Labute approximate surface area is 125 Å². The minimum atomic E-state index is -4.15. The number of ether oxygens (including phenoxy) is 1. The number of aryl methyl sites for hydroxylation is 3. The average molecular weight is 306 g/mol. The summed E-state index contributed by atoms with van der Waals surface area (Å²) in [5.74, 6) is 0.809. The van der Waals surface area contributed by atoms with Crippen molar-refractivity contribution in [1.82, 2.24) is 0 Å². The predicted octanol–water partition coefficient (Wildman–Crippen LogP) is 3.04. The molecule has 4 nitrogen and oxygen atoms in total. The zero-order chi connectivity index (χ0) is 15.5. The molecule has 0 radical (unpaired) electrons. The minimum absolute atomic E-state index is 0.0576. The SMILES string of the molecule is COc1ccc(CCc2cc(S(=O)(=O)O)ccc2C)cc1. The first-order valence-corrected chi connectivity index (χ1v) is 8.04. The minimum Gasteiger partial charge on any atom is -0.497 e. The molecule has 0 saturated carbocycles. The molecule has 0 heterocycles. The average Bonchev–Trinajstić information content (AvgIpc) is 2.45. The van der Waals surface area contributed by atoms with Crippen molar-refractivity contribution in [2.45, 2.75) is 24.7 Å². The Morgan fingerprint density at radius 2 is 1.71 bits per heavy atom. The van der Waals surface area contributed by atoms with Crippen LogP contribution in [0.15, 0.2) is 47.4 Å². The highest BCUT2D eigenvalue weighted by molar-refractivity contribution is 7.85. The standard InChI is InChI=1S/C16H18O4S/c1-12-3-10-16(21(17,18)19)11-14(12)7-4-13-5-8-15(20-2)9-6-13/h3,5-6,8-11H,4,7H2,1-2H3,(H,17,18,19). The predicted molar refractivity (Wildman–Crippen MR) is 81.4 cm³/mol. The summed E-state index contributed by atoms with van der Waals surface area (Å²) in [6.07, 6.45) is 1.50. The molecule has 1 N–H and O–H groups in total. The zero-order valence-electron chi connectivity index (χ0n) is 12.0. The van der Waals surface area contributed by atoms with E-state index in [1.807, 2.05) is 31.2 Å². The van der Waals surface area contributed by atoms with E-state index in [0.717, 1.165) is 28.9 Å². The molecular weight excluding hydrogens is 288 g/mol. The highest BCUT2D eigenvalue weighted by Crippen LogP contribution is 2.18. The monoisotopic (exact) mass is 306 g/mol. The number of benzene rings is 2. The molecule has 0 aliphatic heterocycles. The fourth-order valence-electron chi connectivity index (χ4n) is 2.15. The highest BCUT2D eigenvalue weighted by atomic mass is 32.2. The van der Waals surface area contributed by atoms with E-state index in [2.05, 4.69) is 0 Å². The Hall–Kier alpha value is -1.85. The topological polar surface area (TPSA) is 63.6 Å². The third-order valence-corrected chi connectivity index (χ3v) is 4.31. The van der Waals surface area contributed by atoms with Gasteiger partial charge in [-0.05, 0) is 60.7 Å². The van der Waals surface area contributed by atoms with Crippen molar-refractivity contribution >= 4 is 10.1 Å². The molecule has 112 valence electrons. The molecule has 2 aromatic carbocycles. The van der Waals surface area contributed by atoms with Crippen molar-refractivity contribution in [2.75, 3.05) is 7.11 Å². The van der Waals surface area contributed by atoms with Gasteiger partial charge in [0, 0.05) is 0 Å². The number of methoxy groups -OCH3 is 1. The molecule has 0 bridgehead atoms. The third-order valence-electron chi connectivity index (χ3n) is 3.46. The molecule has 2 aromatic rings. The molecule has 5 heteroatoms. The van der Waals surface area contributed by atoms with Crippen LogP contribution in [0, 0.1) is 6.92 Å². The van der Waals surface area contributed by atoms with Gasteiger partial charge in [-0.1, -0.05) is 18.2 Å². The van der Waals surface area contributed by atoms with Crippen LogP contribution < -0.4 is 4.74 Å². The summed E-state index contributed by atoms with van der Waals surface area (Å²) >= 11 is 0. The first-order valence-electron chi connectivity index (χ1n) is 6.60. The summed E-state index contributed by atoms with van der Waals surface area (Å²) < 4.78 is 36.6. The zero-order valence-corrected chi connectivity index (χ0v) is 12.9. The molecule has 2 rings (SSSR count). The molecule has 0 aromatic heterocycles. The smallest absolute Gasteiger partial charge is 0.294 e. The van der Waals surface area contributed by atoms with E-state index in [1.165, 1.54) is 12.1 Å². The van der Waals surface area contributed by atoms with Gasteiger partial charge in [-0.3, -0.25) is 4.55 Å². The summed E-state index contributed by atoms with van der Waals surface area (Å²) in [5, 5.41) is 0. The van der Waals surface area contributed by atoms with Crippen molar-refractivity contribution in [2.24, 2.45) is 0 Å². The summed E-state index contributed by atoms with van der Waals surface area (Å²) in [4.78, 5) is -0.0576. The second kappa shape index (κ2) is 6.28. The van der Waals surface area contributed by atoms with Gasteiger partial charge in [-0.2, -0.15) is 8.42 Å². The molecule has 0 saturated heterocycles. The second-order valence-electron chi connectivity index (χ2n) is 4.91. The van der Waals surface area contributed by atoms with Gasteiger partial charge in [-0.25, -0.2) is 0 Å². The van der Waals surface area contributed by atoms with E-state index in [-0.39, 0.29) is 4.90 Å². The Morgan fingerprint density at radius 3 is 2.29 bits per heavy atom. The summed E-state index contributed by atoms with van der Waals surface area (Å²) in [6, 6.07) is 12.4. The quantitative estimate of drug-likeness (QED) is 0.862. The highest BCUT2D eigenvalue weighted by Gasteiger charge is 2.11. The maximum absolute atomic E-state index is 11.2. The number of hydrogen-bond donors (Lipinski definition) is 1. The molecule has 0 aliphatic rings. The van der Waals surface area contributed by atoms with Crippen LogP contribution in [0.3, 0.4) is 0 Å². The lowest BCUT2D eigenvalue weighted by Crippen LogP contribution is -2.01. The largest absolute Gasteiger partial charge is 0.497 e. The van der Waals surface area contributed by atoms with E-state index < -0.39 is 10.1 Å². The van der Waals surface area contributed by atoms with Gasteiger partial charge in [0.1, 0.15) is 5.75 Å². The molecule has 0 amide bonds. The van der Waals surface area contributed by atoms with Crippen molar-refractivity contribution in [3.05, 3.63) is 59.2 Å². The van der Waals surface area contributed by atoms with Crippen molar-refractivity contribution in [3.63, 3.8) is 0 Å². The lowest BCUT2D eigenvalue weighted by molar-refractivity contribution is 0.414. The molecule has 0 atom stereocenters. The maximum atomic E-state index is 11.2. The number of hydrogen-bond acceptors (Lipinski definition) is 3. The van der Waals surface area contributed by atoms with Crippen molar-refractivity contribution < 1.29 is 17.7 Å². The van der Waals surface area contributed by atoms with Crippen LogP contribution in [0.4, 0.5) is 0 Å². The maximum Gasteiger partial charge on any atom is 0.294 e. The fourth-order valence-corrected chi connectivity index (χ4v) is 2.68. The first-order chi connectivity index (χ1) is 9.90. The third kappa shape index (κ3) is 4.06. The molecule has 0 unspecified atom stereocenters. The van der Waals surface area contributed by atoms with Gasteiger partial charge in [0.15, 0.2) is 0 Å². The van der Waals surface area contributed by atoms with Gasteiger partial charge < -0.3 is 4.74 Å². The summed E-state index contributed by atoms with van der Waals surface area (Å²) in [6.45, 7) is 1.93. The van der Waals surface area contributed by atoms with Crippen LogP contribution in [0.1, 0.15) is 16.7 Å². The van der Waals surface area contributed by atoms with Crippen LogP contribution >= 0.6 is 0 Å². The molecule has 0 aliphatic carbocycles. The van der Waals surface area contributed by atoms with Gasteiger partial charge in [0.05, 0.1) is 12.0 Å². The van der Waals surface area contributed by atoms with E-state index in [4.69, 9.17) is 9.29 Å². The van der Waals surface area contributed by atoms with Crippen LogP contribution in [0.2, 0.25) is 0 Å².